The number of hydrogen-bond donors (Lipinski definition) is 2. The number of carboxylic acids is 1. The van der Waals surface area contributed by atoms with Gasteiger partial charge in [0.15, 0.2) is 6.61 Å². The number of rotatable bonds is 5. The molecule has 6 nitrogen and oxygen atoms in total. The Kier molecular flexibility index (Phi) is 5.07. The summed E-state index contributed by atoms with van der Waals surface area (Å²) in [6.07, 6.45) is -1.90. The molecule has 2 atom stereocenters. The largest absolute Gasteiger partial charge is 0.481 e. The number of carboxylic acid groups (broad SMARTS) is 1. The molecule has 1 aromatic rings. The maximum atomic E-state index is 12.0. The Morgan fingerprint density at radius 3 is 2.61 bits per heavy atom. The van der Waals surface area contributed by atoms with Gasteiger partial charge in [-0.2, -0.15) is 13.2 Å². The van der Waals surface area contributed by atoms with Crippen LogP contribution in [0.15, 0.2) is 18.3 Å². The van der Waals surface area contributed by atoms with Crippen LogP contribution < -0.4 is 10.1 Å². The highest BCUT2D eigenvalue weighted by Gasteiger charge is 2.31. The molecule has 23 heavy (non-hydrogen) atoms. The first-order valence-electron chi connectivity index (χ1n) is 6.94. The van der Waals surface area contributed by atoms with Gasteiger partial charge in [0.1, 0.15) is 0 Å². The third-order valence-corrected chi connectivity index (χ3v) is 3.50. The number of aromatic nitrogens is 1. The van der Waals surface area contributed by atoms with Gasteiger partial charge in [-0.25, -0.2) is 4.98 Å². The molecule has 1 amide bonds. The van der Waals surface area contributed by atoms with Crippen LogP contribution >= 0.6 is 0 Å². The lowest BCUT2D eigenvalue weighted by Gasteiger charge is -2.12. The first-order valence-corrected chi connectivity index (χ1v) is 6.94. The summed E-state index contributed by atoms with van der Waals surface area (Å²) in [6, 6.07) is 2.25. The Balaban J connectivity index is 1.87. The fourth-order valence-corrected chi connectivity index (χ4v) is 2.36. The van der Waals surface area contributed by atoms with Crippen LogP contribution in [0.4, 0.5) is 13.2 Å². The van der Waals surface area contributed by atoms with Crippen molar-refractivity contribution in [3.8, 4) is 5.88 Å². The highest BCUT2D eigenvalue weighted by molar-refractivity contribution is 5.94. The monoisotopic (exact) mass is 332 g/mol. The van der Waals surface area contributed by atoms with Crippen molar-refractivity contribution in [1.82, 2.24) is 10.3 Å². The number of halogens is 3. The van der Waals surface area contributed by atoms with E-state index in [0.29, 0.717) is 19.3 Å². The molecule has 1 aromatic heterocycles. The topological polar surface area (TPSA) is 88.5 Å². The molecule has 1 aliphatic carbocycles. The SMILES string of the molecule is O=C(N[C@@H]1CC[C@H](C(=O)O)C1)c1ccc(OCC(F)(F)F)nc1. The number of alkyl halides is 3. The van der Waals surface area contributed by atoms with Gasteiger partial charge in [0.05, 0.1) is 11.5 Å². The van der Waals surface area contributed by atoms with Gasteiger partial charge < -0.3 is 15.2 Å². The van der Waals surface area contributed by atoms with Crippen LogP contribution in [0.3, 0.4) is 0 Å². The summed E-state index contributed by atoms with van der Waals surface area (Å²) in [4.78, 5) is 26.5. The zero-order valence-electron chi connectivity index (χ0n) is 12.0. The molecule has 2 N–H and O–H groups in total. The van der Waals surface area contributed by atoms with Gasteiger partial charge in [0.2, 0.25) is 5.88 Å². The molecule has 0 unspecified atom stereocenters. The van der Waals surface area contributed by atoms with Gasteiger partial charge in [-0.05, 0) is 25.3 Å². The zero-order chi connectivity index (χ0) is 17.0. The van der Waals surface area contributed by atoms with Crippen LogP contribution in [-0.2, 0) is 4.79 Å². The van der Waals surface area contributed by atoms with Crippen molar-refractivity contribution in [3.05, 3.63) is 23.9 Å². The molecule has 1 saturated carbocycles. The third-order valence-electron chi connectivity index (χ3n) is 3.50. The van der Waals surface area contributed by atoms with Gasteiger partial charge in [0.25, 0.3) is 5.91 Å². The number of carbonyl (C=O) groups is 2. The third kappa shape index (κ3) is 5.11. The van der Waals surface area contributed by atoms with Crippen LogP contribution in [0, 0.1) is 5.92 Å². The van der Waals surface area contributed by atoms with E-state index in [4.69, 9.17) is 5.11 Å². The number of nitrogens with zero attached hydrogens (tertiary/aromatic N) is 1. The average Bonchev–Trinajstić information content (AvgIpc) is 2.93. The lowest BCUT2D eigenvalue weighted by molar-refractivity contribution is -0.154. The minimum atomic E-state index is -4.46. The molecule has 0 radical (unpaired) electrons. The van der Waals surface area contributed by atoms with Crippen LogP contribution in [0.1, 0.15) is 29.6 Å². The molecule has 0 aliphatic heterocycles. The van der Waals surface area contributed by atoms with Crippen molar-refractivity contribution in [2.45, 2.75) is 31.5 Å². The quantitative estimate of drug-likeness (QED) is 0.861. The molecule has 0 spiro atoms. The molecule has 1 fully saturated rings. The Morgan fingerprint density at radius 2 is 2.09 bits per heavy atom. The van der Waals surface area contributed by atoms with Crippen molar-refractivity contribution < 1.29 is 32.6 Å². The summed E-state index contributed by atoms with van der Waals surface area (Å²) in [5.41, 5.74) is 0.170. The second-order valence-corrected chi connectivity index (χ2v) is 5.31. The van der Waals surface area contributed by atoms with Gasteiger partial charge in [-0.3, -0.25) is 9.59 Å². The van der Waals surface area contributed by atoms with Gasteiger partial charge in [0, 0.05) is 18.3 Å². The molecule has 1 heterocycles. The molecule has 126 valence electrons. The van der Waals surface area contributed by atoms with E-state index in [9.17, 15) is 22.8 Å². The van der Waals surface area contributed by atoms with Crippen molar-refractivity contribution in [1.29, 1.82) is 0 Å². The van der Waals surface area contributed by atoms with Crippen LogP contribution in [0.2, 0.25) is 0 Å². The van der Waals surface area contributed by atoms with E-state index in [2.05, 4.69) is 15.0 Å². The smallest absolute Gasteiger partial charge is 0.422 e. The molecule has 0 saturated heterocycles. The molecular weight excluding hydrogens is 317 g/mol. The van der Waals surface area contributed by atoms with Gasteiger partial charge in [-0.1, -0.05) is 0 Å². The van der Waals surface area contributed by atoms with E-state index in [1.54, 1.807) is 0 Å². The standard InChI is InChI=1S/C14H15F3N2O4/c15-14(16,17)7-23-11-4-2-9(6-18-11)12(20)19-10-3-1-8(5-10)13(21)22/h2,4,6,8,10H,1,3,5,7H2,(H,19,20)(H,21,22)/t8-,10+/m0/s1. The predicted octanol–water partition coefficient (Wildman–Crippen LogP) is 2.01. The van der Waals surface area contributed by atoms with Crippen molar-refractivity contribution in [2.75, 3.05) is 6.61 Å². The second-order valence-electron chi connectivity index (χ2n) is 5.31. The number of carbonyl (C=O) groups excluding carboxylic acids is 1. The van der Waals surface area contributed by atoms with Gasteiger partial charge >= 0.3 is 12.1 Å². The Labute approximate surface area is 129 Å². The van der Waals surface area contributed by atoms with Crippen LogP contribution in [0.25, 0.3) is 0 Å². The van der Waals surface area contributed by atoms with E-state index < -0.39 is 30.6 Å². The number of amides is 1. The second kappa shape index (κ2) is 6.84. The lowest BCUT2D eigenvalue weighted by atomic mass is 10.1. The fraction of sp³-hybridized carbons (Fsp3) is 0.500. The Hall–Kier alpha value is -2.32. The Morgan fingerprint density at radius 1 is 1.35 bits per heavy atom. The molecule has 2 rings (SSSR count). The first-order chi connectivity index (χ1) is 10.7. The molecule has 0 bridgehead atoms. The molecular formula is C14H15F3N2O4. The maximum Gasteiger partial charge on any atom is 0.422 e. The zero-order valence-corrected chi connectivity index (χ0v) is 12.0. The van der Waals surface area contributed by atoms with E-state index in [1.165, 1.54) is 12.1 Å². The van der Waals surface area contributed by atoms with E-state index in [0.717, 1.165) is 6.20 Å². The van der Waals surface area contributed by atoms with Crippen molar-refractivity contribution in [3.63, 3.8) is 0 Å². The summed E-state index contributed by atoms with van der Waals surface area (Å²) in [5, 5.41) is 11.6. The van der Waals surface area contributed by atoms with Crippen LogP contribution in [-0.4, -0.2) is 40.8 Å². The number of hydrogen-bond acceptors (Lipinski definition) is 4. The summed E-state index contributed by atoms with van der Waals surface area (Å²) in [7, 11) is 0. The maximum absolute atomic E-state index is 12.0. The minimum Gasteiger partial charge on any atom is -0.481 e. The number of ether oxygens (including phenoxy) is 1. The number of nitrogens with one attached hydrogen (secondary N) is 1. The van der Waals surface area contributed by atoms with Gasteiger partial charge in [-0.15, -0.1) is 0 Å². The van der Waals surface area contributed by atoms with E-state index in [1.807, 2.05) is 0 Å². The minimum absolute atomic E-state index is 0.170. The predicted molar refractivity (Wildman–Crippen MR) is 72.0 cm³/mol. The average molecular weight is 332 g/mol. The molecule has 9 heteroatoms. The highest BCUT2D eigenvalue weighted by Crippen LogP contribution is 2.26. The first kappa shape index (κ1) is 17.0. The number of aliphatic carboxylic acids is 1. The van der Waals surface area contributed by atoms with Crippen molar-refractivity contribution in [2.24, 2.45) is 5.92 Å². The lowest BCUT2D eigenvalue weighted by Crippen LogP contribution is -2.33. The number of pyridine rings is 1. The highest BCUT2D eigenvalue weighted by atomic mass is 19.4. The van der Waals surface area contributed by atoms with E-state index in [-0.39, 0.29) is 17.5 Å². The summed E-state index contributed by atoms with van der Waals surface area (Å²) in [6.45, 7) is -1.45. The van der Waals surface area contributed by atoms with E-state index >= 15 is 0 Å². The summed E-state index contributed by atoms with van der Waals surface area (Å²) < 4.78 is 40.5. The fourth-order valence-electron chi connectivity index (χ4n) is 2.36. The molecule has 1 aliphatic rings. The normalized spacial score (nSPS) is 21.0. The van der Waals surface area contributed by atoms with Crippen molar-refractivity contribution >= 4 is 11.9 Å². The summed E-state index contributed by atoms with van der Waals surface area (Å²) >= 11 is 0. The van der Waals surface area contributed by atoms with Crippen LogP contribution in [0.5, 0.6) is 5.88 Å². The summed E-state index contributed by atoms with van der Waals surface area (Å²) in [5.74, 6) is -2.02. The molecule has 0 aromatic carbocycles. The Bertz CT molecular complexity index is 574.